The van der Waals surface area contributed by atoms with Gasteiger partial charge in [0.05, 0.1) is 24.4 Å². The molecule has 8 heteroatoms. The molecule has 4 aromatic rings. The average molecular weight is 445 g/mol. The molecule has 8 nitrogen and oxygen atoms in total. The van der Waals surface area contributed by atoms with Gasteiger partial charge >= 0.3 is 0 Å². The van der Waals surface area contributed by atoms with Crippen molar-refractivity contribution in [3.8, 4) is 11.4 Å². The molecule has 170 valence electrons. The molecule has 1 atom stereocenters. The molecular formula is C25H28N6O2. The van der Waals surface area contributed by atoms with Gasteiger partial charge in [-0.1, -0.05) is 32.0 Å². The van der Waals surface area contributed by atoms with Crippen molar-refractivity contribution >= 4 is 22.8 Å². The topological polar surface area (TPSA) is 94.0 Å². The lowest BCUT2D eigenvalue weighted by atomic mass is 10.1. The van der Waals surface area contributed by atoms with Crippen molar-refractivity contribution in [1.29, 1.82) is 0 Å². The van der Waals surface area contributed by atoms with Crippen LogP contribution in [0.15, 0.2) is 60.8 Å². The summed E-state index contributed by atoms with van der Waals surface area (Å²) in [5, 5.41) is 11.7. The number of nitrogens with zero attached hydrogens (tertiary/aromatic N) is 4. The van der Waals surface area contributed by atoms with Gasteiger partial charge in [-0.2, -0.15) is 5.10 Å². The fourth-order valence-corrected chi connectivity index (χ4v) is 3.42. The third-order valence-electron chi connectivity index (χ3n) is 5.55. The van der Waals surface area contributed by atoms with Gasteiger partial charge < -0.3 is 15.4 Å². The van der Waals surface area contributed by atoms with Crippen molar-refractivity contribution in [3.63, 3.8) is 0 Å². The third kappa shape index (κ3) is 4.95. The van der Waals surface area contributed by atoms with Crippen molar-refractivity contribution in [1.82, 2.24) is 25.1 Å². The molecule has 2 heterocycles. The molecule has 0 aliphatic heterocycles. The summed E-state index contributed by atoms with van der Waals surface area (Å²) in [5.74, 6) is 2.28. The van der Waals surface area contributed by atoms with Crippen LogP contribution in [0.1, 0.15) is 42.4 Å². The van der Waals surface area contributed by atoms with Gasteiger partial charge in [-0.05, 0) is 42.8 Å². The molecule has 0 unspecified atom stereocenters. The van der Waals surface area contributed by atoms with Crippen LogP contribution >= 0.6 is 0 Å². The molecule has 2 N–H and O–H groups in total. The Morgan fingerprint density at radius 3 is 2.52 bits per heavy atom. The zero-order valence-corrected chi connectivity index (χ0v) is 19.1. The number of carbonyl (C=O) groups is 1. The van der Waals surface area contributed by atoms with E-state index in [1.165, 1.54) is 0 Å². The number of benzene rings is 2. The number of anilines is 1. The van der Waals surface area contributed by atoms with Crippen molar-refractivity contribution < 1.29 is 9.53 Å². The number of ether oxygens (including phenoxy) is 1. The quantitative estimate of drug-likeness (QED) is 0.376. The fraction of sp³-hybridized carbons (Fsp3) is 0.280. The van der Waals surface area contributed by atoms with E-state index in [0.29, 0.717) is 24.4 Å². The molecule has 4 rings (SSSR count). The molecule has 33 heavy (non-hydrogen) atoms. The van der Waals surface area contributed by atoms with Crippen LogP contribution in [0.25, 0.3) is 16.7 Å². The van der Waals surface area contributed by atoms with Gasteiger partial charge in [-0.25, -0.2) is 14.6 Å². The molecule has 2 aromatic carbocycles. The van der Waals surface area contributed by atoms with Crippen LogP contribution in [-0.4, -0.2) is 45.9 Å². The van der Waals surface area contributed by atoms with Crippen LogP contribution in [0.5, 0.6) is 5.75 Å². The van der Waals surface area contributed by atoms with Crippen molar-refractivity contribution in [3.05, 3.63) is 72.2 Å². The maximum Gasteiger partial charge on any atom is 0.251 e. The van der Waals surface area contributed by atoms with Crippen LogP contribution < -0.4 is 15.4 Å². The fourth-order valence-electron chi connectivity index (χ4n) is 3.42. The highest BCUT2D eigenvalue weighted by molar-refractivity contribution is 5.94. The van der Waals surface area contributed by atoms with E-state index in [2.05, 4.69) is 29.6 Å². The lowest BCUT2D eigenvalue weighted by molar-refractivity contribution is 0.0955. The first-order chi connectivity index (χ1) is 16.1. The first-order valence-corrected chi connectivity index (χ1v) is 11.1. The summed E-state index contributed by atoms with van der Waals surface area (Å²) >= 11 is 0. The lowest BCUT2D eigenvalue weighted by Gasteiger charge is -2.13. The summed E-state index contributed by atoms with van der Waals surface area (Å²) in [4.78, 5) is 22.0. The predicted octanol–water partition coefficient (Wildman–Crippen LogP) is 4.18. The second kappa shape index (κ2) is 10.1. The van der Waals surface area contributed by atoms with Crippen LogP contribution in [-0.2, 0) is 0 Å². The van der Waals surface area contributed by atoms with Gasteiger partial charge in [0.15, 0.2) is 5.65 Å². The Kier molecular flexibility index (Phi) is 6.83. The third-order valence-corrected chi connectivity index (χ3v) is 5.55. The maximum absolute atomic E-state index is 12.4. The van der Waals surface area contributed by atoms with E-state index < -0.39 is 0 Å². The molecular weight excluding hydrogens is 416 g/mol. The largest absolute Gasteiger partial charge is 0.497 e. The van der Waals surface area contributed by atoms with Crippen LogP contribution in [0.4, 0.5) is 5.82 Å². The summed E-state index contributed by atoms with van der Waals surface area (Å²) in [6.07, 6.45) is 2.71. The monoisotopic (exact) mass is 444 g/mol. The molecule has 0 radical (unpaired) electrons. The zero-order chi connectivity index (χ0) is 23.2. The number of rotatable bonds is 9. The maximum atomic E-state index is 12.4. The van der Waals surface area contributed by atoms with E-state index in [1.807, 2.05) is 35.0 Å². The van der Waals surface area contributed by atoms with Crippen molar-refractivity contribution in [2.75, 3.05) is 25.5 Å². The van der Waals surface area contributed by atoms with Crippen LogP contribution in [0.3, 0.4) is 0 Å². The summed E-state index contributed by atoms with van der Waals surface area (Å²) in [5.41, 5.74) is 2.29. The van der Waals surface area contributed by atoms with Crippen LogP contribution in [0, 0.1) is 0 Å². The van der Waals surface area contributed by atoms with Gasteiger partial charge in [0.1, 0.15) is 17.4 Å². The second-order valence-corrected chi connectivity index (χ2v) is 7.78. The molecule has 0 bridgehead atoms. The van der Waals surface area contributed by atoms with Crippen LogP contribution in [0.2, 0.25) is 0 Å². The Morgan fingerprint density at radius 2 is 1.82 bits per heavy atom. The summed E-state index contributed by atoms with van der Waals surface area (Å²) in [7, 11) is 1.60. The molecule has 2 aromatic heterocycles. The summed E-state index contributed by atoms with van der Waals surface area (Å²) in [6.45, 7) is 5.20. The molecule has 0 aliphatic rings. The molecule has 0 aliphatic carbocycles. The second-order valence-electron chi connectivity index (χ2n) is 7.78. The molecule has 0 saturated carbocycles. The Bertz CT molecular complexity index is 1220. The lowest BCUT2D eigenvalue weighted by Crippen LogP contribution is -2.29. The van der Waals surface area contributed by atoms with E-state index in [9.17, 15) is 4.79 Å². The Balaban J connectivity index is 1.50. The zero-order valence-electron chi connectivity index (χ0n) is 19.1. The minimum Gasteiger partial charge on any atom is -0.497 e. The number of aromatic nitrogens is 4. The Labute approximate surface area is 193 Å². The van der Waals surface area contributed by atoms with Gasteiger partial charge in [0.2, 0.25) is 0 Å². The number of para-hydroxylation sites is 1. The molecule has 0 saturated heterocycles. The number of fused-ring (bicyclic) bond motifs is 1. The summed E-state index contributed by atoms with van der Waals surface area (Å²) < 4.78 is 6.97. The van der Waals surface area contributed by atoms with Crippen molar-refractivity contribution in [2.24, 2.45) is 0 Å². The van der Waals surface area contributed by atoms with Gasteiger partial charge in [0.25, 0.3) is 5.91 Å². The molecule has 0 fully saturated rings. The van der Waals surface area contributed by atoms with Gasteiger partial charge in [-0.15, -0.1) is 0 Å². The van der Waals surface area contributed by atoms with Gasteiger partial charge in [0, 0.05) is 24.6 Å². The van der Waals surface area contributed by atoms with E-state index in [1.54, 1.807) is 37.6 Å². The predicted molar refractivity (Wildman–Crippen MR) is 129 cm³/mol. The van der Waals surface area contributed by atoms with Crippen molar-refractivity contribution in [2.45, 2.75) is 26.2 Å². The normalized spacial score (nSPS) is 11.8. The number of hydrogen-bond acceptors (Lipinski definition) is 6. The van der Waals surface area contributed by atoms with E-state index in [0.717, 1.165) is 34.8 Å². The van der Waals surface area contributed by atoms with E-state index >= 15 is 0 Å². The first-order valence-electron chi connectivity index (χ1n) is 11.1. The van der Waals surface area contributed by atoms with E-state index in [4.69, 9.17) is 14.7 Å². The number of carbonyl (C=O) groups excluding carboxylic acids is 1. The highest BCUT2D eigenvalue weighted by Gasteiger charge is 2.16. The molecule has 0 spiro atoms. The Morgan fingerprint density at radius 1 is 1.06 bits per heavy atom. The number of amides is 1. The standard InChI is InChI=1S/C25H28N6O2/c1-4-17(2)22-29-23(21-16-28-31(24(21)30-22)19-8-6-5-7-9-19)26-14-15-27-25(32)18-10-12-20(33-3)13-11-18/h5-13,16-17H,4,14-15H2,1-3H3,(H,27,32)(H,26,29,30)/t17-/m1/s1. The number of methoxy groups -OCH3 is 1. The highest BCUT2D eigenvalue weighted by Crippen LogP contribution is 2.26. The molecule has 1 amide bonds. The average Bonchev–Trinajstić information content (AvgIpc) is 3.30. The minimum absolute atomic E-state index is 0.135. The SMILES string of the molecule is CC[C@@H](C)c1nc(NCCNC(=O)c2ccc(OC)cc2)c2cnn(-c3ccccc3)c2n1. The smallest absolute Gasteiger partial charge is 0.251 e. The van der Waals surface area contributed by atoms with Gasteiger partial charge in [-0.3, -0.25) is 4.79 Å². The van der Waals surface area contributed by atoms with E-state index in [-0.39, 0.29) is 11.8 Å². The number of hydrogen-bond donors (Lipinski definition) is 2. The minimum atomic E-state index is -0.135. The Hall–Kier alpha value is -3.94. The number of nitrogens with one attached hydrogen (secondary N) is 2. The first kappa shape index (κ1) is 22.3. The highest BCUT2D eigenvalue weighted by atomic mass is 16.5. The summed E-state index contributed by atoms with van der Waals surface area (Å²) in [6, 6.07) is 16.9.